The number of aromatic nitrogens is 1. The van der Waals surface area contributed by atoms with Crippen LogP contribution in [0.5, 0.6) is 0 Å². The number of anilines is 3. The Hall–Kier alpha value is -6.19. The summed E-state index contributed by atoms with van der Waals surface area (Å²) in [6.45, 7) is 0. The summed E-state index contributed by atoms with van der Waals surface area (Å²) >= 11 is 0. The summed E-state index contributed by atoms with van der Waals surface area (Å²) < 4.78 is 6.49. The molecule has 0 atom stereocenters. The second kappa shape index (κ2) is 10.8. The minimum absolute atomic E-state index is 0.830. The summed E-state index contributed by atoms with van der Waals surface area (Å²) in [5.41, 5.74) is 10.5. The third kappa shape index (κ3) is 4.41. The topological polar surface area (TPSA) is 29.3 Å². The molecule has 0 fully saturated rings. The van der Waals surface area contributed by atoms with E-state index in [-0.39, 0.29) is 0 Å². The van der Waals surface area contributed by atoms with Gasteiger partial charge in [0.2, 0.25) is 0 Å². The van der Waals surface area contributed by atoms with E-state index >= 15 is 0 Å². The Labute approximate surface area is 266 Å². The van der Waals surface area contributed by atoms with Crippen LogP contribution in [-0.4, -0.2) is 4.98 Å². The van der Waals surface area contributed by atoms with Crippen LogP contribution < -0.4 is 4.90 Å². The largest absolute Gasteiger partial charge is 0.456 e. The Morgan fingerprint density at radius 3 is 2.04 bits per heavy atom. The van der Waals surface area contributed by atoms with Crippen molar-refractivity contribution < 1.29 is 4.42 Å². The second-order valence-corrected chi connectivity index (χ2v) is 11.6. The first-order chi connectivity index (χ1) is 22.8. The van der Waals surface area contributed by atoms with Crippen molar-refractivity contribution in [3.63, 3.8) is 0 Å². The van der Waals surface area contributed by atoms with Crippen molar-refractivity contribution in [2.45, 2.75) is 0 Å². The quantitative estimate of drug-likeness (QED) is 0.200. The number of furan rings is 1. The van der Waals surface area contributed by atoms with Gasteiger partial charge in [0.25, 0.3) is 0 Å². The average Bonchev–Trinajstić information content (AvgIpc) is 3.49. The van der Waals surface area contributed by atoms with Crippen molar-refractivity contribution in [1.29, 1.82) is 0 Å². The van der Waals surface area contributed by atoms with E-state index in [1.54, 1.807) is 0 Å². The fourth-order valence-corrected chi connectivity index (χ4v) is 6.73. The van der Waals surface area contributed by atoms with Gasteiger partial charge in [0, 0.05) is 34.4 Å². The van der Waals surface area contributed by atoms with Crippen molar-refractivity contribution in [2.24, 2.45) is 0 Å². The maximum Gasteiger partial charge on any atom is 0.137 e. The lowest BCUT2D eigenvalue weighted by Gasteiger charge is -2.27. The highest BCUT2D eigenvalue weighted by atomic mass is 16.3. The van der Waals surface area contributed by atoms with Crippen LogP contribution in [0.1, 0.15) is 0 Å². The molecular formula is C43H28N2O. The van der Waals surface area contributed by atoms with Gasteiger partial charge in [0.05, 0.1) is 16.6 Å². The molecule has 0 unspecified atom stereocenters. The maximum atomic E-state index is 6.49. The van der Waals surface area contributed by atoms with Crippen molar-refractivity contribution in [3.05, 3.63) is 170 Å². The number of benzene rings is 7. The van der Waals surface area contributed by atoms with Crippen molar-refractivity contribution in [2.75, 3.05) is 4.90 Å². The van der Waals surface area contributed by atoms with Crippen molar-refractivity contribution in [1.82, 2.24) is 4.98 Å². The molecule has 0 bridgehead atoms. The maximum absolute atomic E-state index is 6.49. The van der Waals surface area contributed by atoms with E-state index in [0.29, 0.717) is 0 Å². The van der Waals surface area contributed by atoms with Gasteiger partial charge in [-0.15, -0.1) is 0 Å². The summed E-state index contributed by atoms with van der Waals surface area (Å²) in [4.78, 5) is 6.95. The number of hydrogen-bond donors (Lipinski definition) is 0. The molecule has 0 aliphatic carbocycles. The van der Waals surface area contributed by atoms with Gasteiger partial charge < -0.3 is 9.32 Å². The molecular weight excluding hydrogens is 560 g/mol. The highest BCUT2D eigenvalue weighted by molar-refractivity contribution is 6.16. The summed E-state index contributed by atoms with van der Waals surface area (Å²) in [5.74, 6) is 0. The predicted molar refractivity (Wildman–Crippen MR) is 192 cm³/mol. The van der Waals surface area contributed by atoms with E-state index in [1.807, 2.05) is 12.3 Å². The Morgan fingerprint density at radius 1 is 0.457 bits per heavy atom. The lowest BCUT2D eigenvalue weighted by Crippen LogP contribution is -2.10. The molecule has 0 radical (unpaired) electrons. The van der Waals surface area contributed by atoms with Gasteiger partial charge in [-0.25, -0.2) is 0 Å². The standard InChI is InChI=1S/C43H28N2O/c1-2-11-29(12-3-1)31-15-6-18-34(25-31)45(35-19-7-16-32(26-35)37-21-8-14-30-13-4-5-20-36(30)37)40-22-9-23-41-43(40)38-27-33-17-10-24-44-39(33)28-42(38)46-41/h1-28H. The van der Waals surface area contributed by atoms with E-state index in [4.69, 9.17) is 4.42 Å². The molecule has 0 saturated heterocycles. The smallest absolute Gasteiger partial charge is 0.137 e. The fraction of sp³-hybridized carbons (Fsp3) is 0. The molecule has 9 rings (SSSR count). The van der Waals surface area contributed by atoms with Crippen LogP contribution in [0.2, 0.25) is 0 Å². The fourth-order valence-electron chi connectivity index (χ4n) is 6.73. The van der Waals surface area contributed by atoms with Gasteiger partial charge in [-0.3, -0.25) is 4.98 Å². The van der Waals surface area contributed by atoms with Crippen molar-refractivity contribution >= 4 is 60.7 Å². The van der Waals surface area contributed by atoms with Crippen LogP contribution in [0.25, 0.3) is 65.9 Å². The number of fused-ring (bicyclic) bond motifs is 5. The van der Waals surface area contributed by atoms with E-state index in [9.17, 15) is 0 Å². The zero-order chi connectivity index (χ0) is 30.5. The van der Waals surface area contributed by atoms with E-state index in [1.165, 1.54) is 27.5 Å². The highest BCUT2D eigenvalue weighted by Crippen LogP contribution is 2.45. The number of pyridine rings is 1. The van der Waals surface area contributed by atoms with Crippen LogP contribution in [0, 0.1) is 0 Å². The Bertz CT molecular complexity index is 2540. The lowest BCUT2D eigenvalue weighted by molar-refractivity contribution is 0.669. The van der Waals surface area contributed by atoms with Crippen LogP contribution >= 0.6 is 0 Å². The predicted octanol–water partition coefficient (Wildman–Crippen LogP) is 12.1. The number of rotatable bonds is 5. The number of hydrogen-bond acceptors (Lipinski definition) is 3. The zero-order valence-corrected chi connectivity index (χ0v) is 25.0. The molecule has 7 aromatic carbocycles. The first-order valence-electron chi connectivity index (χ1n) is 15.5. The molecule has 0 saturated carbocycles. The third-order valence-electron chi connectivity index (χ3n) is 8.86. The molecule has 2 aromatic heterocycles. The van der Waals surface area contributed by atoms with Gasteiger partial charge in [-0.1, -0.05) is 109 Å². The molecule has 0 amide bonds. The molecule has 0 spiro atoms. The SMILES string of the molecule is c1ccc(-c2cccc(N(c3cccc(-c4cccc5ccccc45)c3)c3cccc4oc5cc6ncccc6cc5c34)c2)cc1. The molecule has 0 aliphatic heterocycles. The first kappa shape index (κ1) is 26.2. The van der Waals surface area contributed by atoms with Gasteiger partial charge in [0.1, 0.15) is 11.2 Å². The van der Waals surface area contributed by atoms with E-state index in [2.05, 4.69) is 168 Å². The van der Waals surface area contributed by atoms with E-state index in [0.717, 1.165) is 55.5 Å². The van der Waals surface area contributed by atoms with Gasteiger partial charge in [-0.05, 0) is 81.6 Å². The molecule has 216 valence electrons. The zero-order valence-electron chi connectivity index (χ0n) is 25.0. The van der Waals surface area contributed by atoms with Crippen LogP contribution in [0.15, 0.2) is 174 Å². The normalized spacial score (nSPS) is 11.5. The summed E-state index contributed by atoms with van der Waals surface area (Å²) in [7, 11) is 0. The summed E-state index contributed by atoms with van der Waals surface area (Å²) in [6, 6.07) is 58.0. The monoisotopic (exact) mass is 588 g/mol. The summed E-state index contributed by atoms with van der Waals surface area (Å²) in [5, 5.41) is 5.70. The molecule has 9 aromatic rings. The Kier molecular flexibility index (Phi) is 6.14. The number of nitrogens with zero attached hydrogens (tertiary/aromatic N) is 2. The van der Waals surface area contributed by atoms with Crippen LogP contribution in [-0.2, 0) is 0 Å². The van der Waals surface area contributed by atoms with Gasteiger partial charge in [0.15, 0.2) is 0 Å². The highest BCUT2D eigenvalue weighted by Gasteiger charge is 2.21. The molecule has 3 nitrogen and oxygen atoms in total. The Balaban J connectivity index is 1.31. The molecule has 0 aliphatic rings. The van der Waals surface area contributed by atoms with Gasteiger partial charge >= 0.3 is 0 Å². The Morgan fingerprint density at radius 2 is 1.15 bits per heavy atom. The van der Waals surface area contributed by atoms with Crippen molar-refractivity contribution in [3.8, 4) is 22.3 Å². The second-order valence-electron chi connectivity index (χ2n) is 11.6. The first-order valence-corrected chi connectivity index (χ1v) is 15.5. The average molecular weight is 589 g/mol. The minimum atomic E-state index is 0.830. The minimum Gasteiger partial charge on any atom is -0.456 e. The molecule has 46 heavy (non-hydrogen) atoms. The molecule has 3 heteroatoms. The van der Waals surface area contributed by atoms with Crippen LogP contribution in [0.4, 0.5) is 17.1 Å². The van der Waals surface area contributed by atoms with Crippen LogP contribution in [0.3, 0.4) is 0 Å². The molecule has 0 N–H and O–H groups in total. The van der Waals surface area contributed by atoms with E-state index < -0.39 is 0 Å². The lowest BCUT2D eigenvalue weighted by atomic mass is 9.97. The third-order valence-corrected chi connectivity index (χ3v) is 8.86. The summed E-state index contributed by atoms with van der Waals surface area (Å²) in [6.07, 6.45) is 1.83. The van der Waals surface area contributed by atoms with Gasteiger partial charge in [-0.2, -0.15) is 0 Å². The molecule has 2 heterocycles.